The van der Waals surface area contributed by atoms with Gasteiger partial charge in [0, 0.05) is 16.5 Å². The Balaban J connectivity index is 2.45. The zero-order valence-corrected chi connectivity index (χ0v) is 8.48. The van der Waals surface area contributed by atoms with Crippen LogP contribution in [0.25, 0.3) is 0 Å². The number of hydrogen-bond donors (Lipinski definition) is 1. The highest BCUT2D eigenvalue weighted by Gasteiger charge is 2.03. The monoisotopic (exact) mass is 220 g/mol. The summed E-state index contributed by atoms with van der Waals surface area (Å²) in [4.78, 5) is 0.809. The molecule has 1 aromatic rings. The van der Waals surface area contributed by atoms with Gasteiger partial charge in [-0.3, -0.25) is 0 Å². The van der Waals surface area contributed by atoms with E-state index in [0.29, 0.717) is 5.75 Å². The van der Waals surface area contributed by atoms with E-state index in [0.717, 1.165) is 4.90 Å². The molecule has 0 radical (unpaired) electrons. The van der Waals surface area contributed by atoms with E-state index in [4.69, 9.17) is 16.7 Å². The molecule has 1 unspecified atom stereocenters. The molecule has 0 aromatic heterocycles. The average molecular weight is 221 g/mol. The zero-order valence-electron chi connectivity index (χ0n) is 6.91. The van der Waals surface area contributed by atoms with Crippen molar-refractivity contribution in [2.24, 2.45) is 0 Å². The maximum absolute atomic E-state index is 12.7. The minimum atomic E-state index is -0.532. The van der Waals surface area contributed by atoms with Crippen LogP contribution in [0.1, 0.15) is 0 Å². The first-order valence-electron chi connectivity index (χ1n) is 3.85. The minimum absolute atomic E-state index is 0.211. The summed E-state index contributed by atoms with van der Waals surface area (Å²) < 4.78 is 12.7. The van der Waals surface area contributed by atoms with Crippen LogP contribution in [0, 0.1) is 5.82 Å². The van der Waals surface area contributed by atoms with Gasteiger partial charge in [-0.15, -0.1) is 23.4 Å². The molecule has 72 valence electrons. The van der Waals surface area contributed by atoms with E-state index in [1.807, 2.05) is 0 Å². The second-order valence-electron chi connectivity index (χ2n) is 2.58. The second-order valence-corrected chi connectivity index (χ2v) is 3.98. The fraction of sp³-hybridized carbons (Fsp3) is 0.333. The maximum atomic E-state index is 12.7. The Hall–Kier alpha value is -0.250. The molecule has 0 bridgehead atoms. The molecule has 0 fully saturated rings. The van der Waals surface area contributed by atoms with Crippen LogP contribution >= 0.6 is 23.4 Å². The molecule has 4 heteroatoms. The fourth-order valence-corrected chi connectivity index (χ4v) is 1.91. The highest BCUT2D eigenvalue weighted by molar-refractivity contribution is 7.99. The van der Waals surface area contributed by atoms with E-state index in [1.54, 1.807) is 12.1 Å². The van der Waals surface area contributed by atoms with Gasteiger partial charge in [0.1, 0.15) is 5.82 Å². The van der Waals surface area contributed by atoms with Crippen molar-refractivity contribution in [1.29, 1.82) is 0 Å². The molecule has 0 amide bonds. The van der Waals surface area contributed by atoms with E-state index >= 15 is 0 Å². The Morgan fingerprint density at radius 1 is 1.54 bits per heavy atom. The van der Waals surface area contributed by atoms with E-state index in [1.165, 1.54) is 23.9 Å². The fourth-order valence-electron chi connectivity index (χ4n) is 0.794. The van der Waals surface area contributed by atoms with Crippen LogP contribution in [0.2, 0.25) is 0 Å². The van der Waals surface area contributed by atoms with Gasteiger partial charge < -0.3 is 5.11 Å². The first kappa shape index (κ1) is 10.8. The van der Waals surface area contributed by atoms with E-state index in [2.05, 4.69) is 0 Å². The largest absolute Gasteiger partial charge is 0.391 e. The lowest BCUT2D eigenvalue weighted by atomic mass is 10.4. The third-order valence-corrected chi connectivity index (χ3v) is 2.91. The number of aliphatic hydroxyl groups is 1. The van der Waals surface area contributed by atoms with Crippen molar-refractivity contribution in [3.8, 4) is 0 Å². The van der Waals surface area contributed by atoms with E-state index in [-0.39, 0.29) is 11.7 Å². The van der Waals surface area contributed by atoms with Crippen molar-refractivity contribution >= 4 is 23.4 Å². The molecule has 0 heterocycles. The number of benzene rings is 1. The lowest BCUT2D eigenvalue weighted by Gasteiger charge is -2.05. The summed E-state index contributed by atoms with van der Waals surface area (Å²) in [6.45, 7) is 0. The maximum Gasteiger partial charge on any atom is 0.124 e. The molecule has 1 rings (SSSR count). The predicted octanol–water partition coefficient (Wildman–Crippen LogP) is 2.52. The number of alkyl halides is 1. The van der Waals surface area contributed by atoms with Crippen molar-refractivity contribution in [3.05, 3.63) is 30.1 Å². The molecule has 0 aliphatic rings. The Kier molecular flexibility index (Phi) is 4.56. The lowest BCUT2D eigenvalue weighted by Crippen LogP contribution is -2.10. The molecular formula is C9H10ClFOS. The first-order chi connectivity index (χ1) is 6.22. The Labute approximate surface area is 85.9 Å². The molecule has 0 saturated heterocycles. The standard InChI is InChI=1S/C9H10ClFOS/c10-5-8(12)6-13-9-3-1-2-7(11)4-9/h1-4,8,12H,5-6H2. The van der Waals surface area contributed by atoms with Crippen LogP contribution in [-0.2, 0) is 0 Å². The number of hydrogen-bond acceptors (Lipinski definition) is 2. The number of aliphatic hydroxyl groups excluding tert-OH is 1. The molecule has 1 atom stereocenters. The van der Waals surface area contributed by atoms with E-state index < -0.39 is 6.10 Å². The smallest absolute Gasteiger partial charge is 0.124 e. The van der Waals surface area contributed by atoms with E-state index in [9.17, 15) is 4.39 Å². The molecule has 1 aromatic carbocycles. The predicted molar refractivity (Wildman–Crippen MR) is 53.9 cm³/mol. The Morgan fingerprint density at radius 2 is 2.31 bits per heavy atom. The summed E-state index contributed by atoms with van der Waals surface area (Å²) in [5.74, 6) is 0.445. The van der Waals surface area contributed by atoms with Crippen LogP contribution in [0.4, 0.5) is 4.39 Å². The lowest BCUT2D eigenvalue weighted by molar-refractivity contribution is 0.223. The van der Waals surface area contributed by atoms with Crippen molar-refractivity contribution in [1.82, 2.24) is 0 Å². The van der Waals surface area contributed by atoms with Gasteiger partial charge in [0.25, 0.3) is 0 Å². The third-order valence-electron chi connectivity index (χ3n) is 1.42. The molecule has 1 nitrogen and oxygen atoms in total. The summed E-state index contributed by atoms with van der Waals surface area (Å²) in [7, 11) is 0. The summed E-state index contributed by atoms with van der Waals surface area (Å²) in [5, 5.41) is 9.14. The SMILES string of the molecule is OC(CCl)CSc1cccc(F)c1. The van der Waals surface area contributed by atoms with Crippen molar-refractivity contribution in [2.75, 3.05) is 11.6 Å². The molecule has 0 aliphatic carbocycles. The normalized spacial score (nSPS) is 12.8. The van der Waals surface area contributed by atoms with Crippen LogP contribution in [0.3, 0.4) is 0 Å². The highest BCUT2D eigenvalue weighted by Crippen LogP contribution is 2.19. The minimum Gasteiger partial charge on any atom is -0.391 e. The van der Waals surface area contributed by atoms with Gasteiger partial charge in [0.15, 0.2) is 0 Å². The number of rotatable bonds is 4. The van der Waals surface area contributed by atoms with Crippen LogP contribution in [0.15, 0.2) is 29.2 Å². The molecule has 1 N–H and O–H groups in total. The third kappa shape index (κ3) is 3.98. The summed E-state index contributed by atoms with van der Waals surface area (Å²) in [5.41, 5.74) is 0. The van der Waals surface area contributed by atoms with Gasteiger partial charge in [0.2, 0.25) is 0 Å². The van der Waals surface area contributed by atoms with Crippen LogP contribution < -0.4 is 0 Å². The molecule has 13 heavy (non-hydrogen) atoms. The summed E-state index contributed by atoms with van der Waals surface area (Å²) >= 11 is 6.80. The van der Waals surface area contributed by atoms with Crippen LogP contribution in [-0.4, -0.2) is 22.8 Å². The zero-order chi connectivity index (χ0) is 9.68. The van der Waals surface area contributed by atoms with Gasteiger partial charge in [0.05, 0.1) is 6.10 Å². The van der Waals surface area contributed by atoms with Gasteiger partial charge in [-0.05, 0) is 18.2 Å². The number of halogens is 2. The van der Waals surface area contributed by atoms with Crippen LogP contribution in [0.5, 0.6) is 0 Å². The quantitative estimate of drug-likeness (QED) is 0.622. The van der Waals surface area contributed by atoms with Crippen molar-refractivity contribution in [3.63, 3.8) is 0 Å². The van der Waals surface area contributed by atoms with Gasteiger partial charge in [-0.1, -0.05) is 6.07 Å². The van der Waals surface area contributed by atoms with Gasteiger partial charge >= 0.3 is 0 Å². The van der Waals surface area contributed by atoms with Crippen molar-refractivity contribution in [2.45, 2.75) is 11.0 Å². The highest BCUT2D eigenvalue weighted by atomic mass is 35.5. The molecule has 0 saturated carbocycles. The average Bonchev–Trinajstić information content (AvgIpc) is 2.14. The summed E-state index contributed by atoms with van der Waals surface area (Å²) in [6.07, 6.45) is -0.532. The topological polar surface area (TPSA) is 20.2 Å². The summed E-state index contributed by atoms with van der Waals surface area (Å²) in [6, 6.07) is 6.27. The Bertz CT molecular complexity index is 270. The second kappa shape index (κ2) is 5.47. The van der Waals surface area contributed by atoms with Gasteiger partial charge in [-0.2, -0.15) is 0 Å². The first-order valence-corrected chi connectivity index (χ1v) is 5.37. The Morgan fingerprint density at radius 3 is 2.92 bits per heavy atom. The van der Waals surface area contributed by atoms with Crippen molar-refractivity contribution < 1.29 is 9.50 Å². The molecule has 0 aliphatic heterocycles. The molecular weight excluding hydrogens is 211 g/mol. The number of thioether (sulfide) groups is 1. The van der Waals surface area contributed by atoms with Gasteiger partial charge in [-0.25, -0.2) is 4.39 Å². The molecule has 0 spiro atoms.